The normalized spacial score (nSPS) is 25.9. The molecule has 106 valence electrons. The standard InChI is InChI=1S/C16H25NO2/c1-3-10-17-14-12-15(16(14)18-11-4-2)19-13-8-6-5-7-9-13/h5-9,14-17H,3-4,10-12H2,1-2H3. The maximum absolute atomic E-state index is 6.01. The molecular formula is C16H25NO2. The van der Waals surface area contributed by atoms with Crippen LogP contribution >= 0.6 is 0 Å². The minimum atomic E-state index is 0.184. The fourth-order valence-electron chi connectivity index (χ4n) is 2.38. The molecule has 1 aromatic carbocycles. The Balaban J connectivity index is 1.86. The van der Waals surface area contributed by atoms with E-state index in [1.807, 2.05) is 30.3 Å². The monoisotopic (exact) mass is 263 g/mol. The fraction of sp³-hybridized carbons (Fsp3) is 0.625. The molecule has 0 spiro atoms. The molecule has 0 amide bonds. The van der Waals surface area contributed by atoms with Crippen LogP contribution in [0.3, 0.4) is 0 Å². The van der Waals surface area contributed by atoms with Gasteiger partial charge in [-0.15, -0.1) is 0 Å². The molecule has 0 heterocycles. The molecule has 1 N–H and O–H groups in total. The number of para-hydroxylation sites is 1. The highest BCUT2D eigenvalue weighted by atomic mass is 16.5. The summed E-state index contributed by atoms with van der Waals surface area (Å²) >= 11 is 0. The highest BCUT2D eigenvalue weighted by Crippen LogP contribution is 2.29. The summed E-state index contributed by atoms with van der Waals surface area (Å²) in [6.45, 7) is 6.18. The largest absolute Gasteiger partial charge is 0.488 e. The summed E-state index contributed by atoms with van der Waals surface area (Å²) < 4.78 is 11.9. The highest BCUT2D eigenvalue weighted by molar-refractivity contribution is 5.22. The molecule has 1 saturated carbocycles. The van der Waals surface area contributed by atoms with Gasteiger partial charge in [0.2, 0.25) is 0 Å². The van der Waals surface area contributed by atoms with Crippen LogP contribution in [0.2, 0.25) is 0 Å². The quantitative estimate of drug-likeness (QED) is 0.782. The van der Waals surface area contributed by atoms with Crippen molar-refractivity contribution in [1.29, 1.82) is 0 Å². The minimum Gasteiger partial charge on any atom is -0.488 e. The Kier molecular flexibility index (Phi) is 5.67. The fourth-order valence-corrected chi connectivity index (χ4v) is 2.38. The van der Waals surface area contributed by atoms with E-state index in [9.17, 15) is 0 Å². The molecule has 1 aromatic rings. The van der Waals surface area contributed by atoms with Gasteiger partial charge in [-0.1, -0.05) is 32.0 Å². The molecule has 1 aliphatic carbocycles. The first-order valence-electron chi connectivity index (χ1n) is 7.41. The highest BCUT2D eigenvalue weighted by Gasteiger charge is 2.43. The molecule has 0 aliphatic heterocycles. The van der Waals surface area contributed by atoms with Gasteiger partial charge in [0.1, 0.15) is 18.0 Å². The van der Waals surface area contributed by atoms with Crippen molar-refractivity contribution in [3.05, 3.63) is 30.3 Å². The number of ether oxygens (including phenoxy) is 2. The summed E-state index contributed by atoms with van der Waals surface area (Å²) in [6, 6.07) is 10.5. The van der Waals surface area contributed by atoms with Crippen molar-refractivity contribution in [2.45, 2.75) is 51.4 Å². The summed E-state index contributed by atoms with van der Waals surface area (Å²) in [7, 11) is 0. The number of rotatable bonds is 8. The Bertz CT molecular complexity index is 355. The molecule has 3 heteroatoms. The van der Waals surface area contributed by atoms with E-state index in [0.717, 1.165) is 38.2 Å². The van der Waals surface area contributed by atoms with Crippen molar-refractivity contribution < 1.29 is 9.47 Å². The Morgan fingerprint density at radius 2 is 1.95 bits per heavy atom. The van der Waals surface area contributed by atoms with Crippen molar-refractivity contribution in [2.24, 2.45) is 0 Å². The lowest BCUT2D eigenvalue weighted by Crippen LogP contribution is -2.61. The van der Waals surface area contributed by atoms with Crippen LogP contribution in [0.1, 0.15) is 33.1 Å². The third-order valence-electron chi connectivity index (χ3n) is 3.45. The van der Waals surface area contributed by atoms with E-state index >= 15 is 0 Å². The average molecular weight is 263 g/mol. The van der Waals surface area contributed by atoms with Crippen LogP contribution in [0.5, 0.6) is 5.75 Å². The summed E-state index contributed by atoms with van der Waals surface area (Å²) in [5.74, 6) is 0.937. The Hall–Kier alpha value is -1.06. The van der Waals surface area contributed by atoms with Crippen LogP contribution in [0.15, 0.2) is 30.3 Å². The zero-order valence-corrected chi connectivity index (χ0v) is 12.0. The molecule has 2 rings (SSSR count). The van der Waals surface area contributed by atoms with E-state index in [-0.39, 0.29) is 12.2 Å². The molecule has 19 heavy (non-hydrogen) atoms. The molecule has 0 radical (unpaired) electrons. The maximum atomic E-state index is 6.01. The molecule has 1 aliphatic rings. The first-order chi connectivity index (χ1) is 9.35. The lowest BCUT2D eigenvalue weighted by atomic mass is 9.85. The van der Waals surface area contributed by atoms with E-state index in [1.54, 1.807) is 0 Å². The molecule has 3 atom stereocenters. The molecule has 3 nitrogen and oxygen atoms in total. The number of hydrogen-bond donors (Lipinski definition) is 1. The second-order valence-electron chi connectivity index (χ2n) is 5.10. The predicted molar refractivity (Wildman–Crippen MR) is 77.6 cm³/mol. The zero-order valence-electron chi connectivity index (χ0n) is 12.0. The van der Waals surface area contributed by atoms with Crippen molar-refractivity contribution >= 4 is 0 Å². The van der Waals surface area contributed by atoms with Crippen LogP contribution in [-0.4, -0.2) is 31.4 Å². The minimum absolute atomic E-state index is 0.184. The van der Waals surface area contributed by atoms with Crippen molar-refractivity contribution in [3.8, 4) is 5.75 Å². The van der Waals surface area contributed by atoms with Gasteiger partial charge in [0.05, 0.1) is 0 Å². The van der Waals surface area contributed by atoms with E-state index in [2.05, 4.69) is 19.2 Å². The summed E-state index contributed by atoms with van der Waals surface area (Å²) in [6.07, 6.45) is 3.61. The lowest BCUT2D eigenvalue weighted by molar-refractivity contribution is -0.107. The van der Waals surface area contributed by atoms with Gasteiger partial charge in [-0.3, -0.25) is 0 Å². The molecule has 0 aromatic heterocycles. The van der Waals surface area contributed by atoms with Gasteiger partial charge in [0, 0.05) is 19.1 Å². The predicted octanol–water partition coefficient (Wildman–Crippen LogP) is 3.00. The van der Waals surface area contributed by atoms with E-state index in [4.69, 9.17) is 9.47 Å². The number of nitrogens with one attached hydrogen (secondary N) is 1. The van der Waals surface area contributed by atoms with Gasteiger partial charge in [0.25, 0.3) is 0 Å². The van der Waals surface area contributed by atoms with Crippen molar-refractivity contribution in [1.82, 2.24) is 5.32 Å². The van der Waals surface area contributed by atoms with Gasteiger partial charge in [-0.2, -0.15) is 0 Å². The third-order valence-corrected chi connectivity index (χ3v) is 3.45. The van der Waals surface area contributed by atoms with Gasteiger partial charge in [-0.25, -0.2) is 0 Å². The van der Waals surface area contributed by atoms with Crippen molar-refractivity contribution in [2.75, 3.05) is 13.2 Å². The van der Waals surface area contributed by atoms with Gasteiger partial charge >= 0.3 is 0 Å². The van der Waals surface area contributed by atoms with E-state index in [1.165, 1.54) is 0 Å². The Morgan fingerprint density at radius 3 is 2.63 bits per heavy atom. The zero-order chi connectivity index (χ0) is 13.5. The average Bonchev–Trinajstić information content (AvgIpc) is 2.43. The van der Waals surface area contributed by atoms with Crippen LogP contribution in [0.25, 0.3) is 0 Å². The van der Waals surface area contributed by atoms with E-state index < -0.39 is 0 Å². The first kappa shape index (κ1) is 14.4. The second-order valence-corrected chi connectivity index (χ2v) is 5.10. The topological polar surface area (TPSA) is 30.5 Å². The molecule has 1 fully saturated rings. The lowest BCUT2D eigenvalue weighted by Gasteiger charge is -2.44. The summed E-state index contributed by atoms with van der Waals surface area (Å²) in [5.41, 5.74) is 0. The van der Waals surface area contributed by atoms with Crippen LogP contribution < -0.4 is 10.1 Å². The Morgan fingerprint density at radius 1 is 1.16 bits per heavy atom. The van der Waals surface area contributed by atoms with E-state index in [0.29, 0.717) is 6.04 Å². The SMILES string of the molecule is CCCNC1CC(Oc2ccccc2)C1OCCC. The summed E-state index contributed by atoms with van der Waals surface area (Å²) in [4.78, 5) is 0. The first-order valence-corrected chi connectivity index (χ1v) is 7.41. The number of benzene rings is 1. The molecular weight excluding hydrogens is 238 g/mol. The summed E-state index contributed by atoms with van der Waals surface area (Å²) in [5, 5.41) is 3.54. The molecule has 0 saturated heterocycles. The third kappa shape index (κ3) is 3.95. The van der Waals surface area contributed by atoms with Gasteiger partial charge in [-0.05, 0) is 31.5 Å². The Labute approximate surface area is 116 Å². The molecule has 3 unspecified atom stereocenters. The van der Waals surface area contributed by atoms with Crippen LogP contribution in [0, 0.1) is 0 Å². The molecule has 0 bridgehead atoms. The second kappa shape index (κ2) is 7.51. The van der Waals surface area contributed by atoms with Crippen LogP contribution in [-0.2, 0) is 4.74 Å². The number of hydrogen-bond acceptors (Lipinski definition) is 3. The van der Waals surface area contributed by atoms with Crippen LogP contribution in [0.4, 0.5) is 0 Å². The maximum Gasteiger partial charge on any atom is 0.128 e. The van der Waals surface area contributed by atoms with Crippen molar-refractivity contribution in [3.63, 3.8) is 0 Å². The smallest absolute Gasteiger partial charge is 0.128 e. The van der Waals surface area contributed by atoms with Gasteiger partial charge < -0.3 is 14.8 Å². The van der Waals surface area contributed by atoms with Gasteiger partial charge in [0.15, 0.2) is 0 Å².